The van der Waals surface area contributed by atoms with E-state index < -0.39 is 0 Å². The summed E-state index contributed by atoms with van der Waals surface area (Å²) in [5.41, 5.74) is 10.6. The van der Waals surface area contributed by atoms with Crippen LogP contribution in [-0.2, 0) is 13.1 Å². The summed E-state index contributed by atoms with van der Waals surface area (Å²) in [6.07, 6.45) is 8.56. The molecule has 2 fully saturated rings. The smallest absolute Gasteiger partial charge is 0.256 e. The summed E-state index contributed by atoms with van der Waals surface area (Å²) in [7, 11) is 2.24. The van der Waals surface area contributed by atoms with Gasteiger partial charge in [-0.15, -0.1) is 0 Å². The van der Waals surface area contributed by atoms with E-state index in [1.54, 1.807) is 6.07 Å². The van der Waals surface area contributed by atoms with Crippen molar-refractivity contribution in [3.63, 3.8) is 0 Å². The SMILES string of the molecule is Cc1cccc2c(C(=O)N3CCC(c4cc(CN)ccc4F)CC3)cn(CCC3CCCCN3C)c12. The lowest BCUT2D eigenvalue weighted by Crippen LogP contribution is -2.38. The van der Waals surface area contributed by atoms with Crippen molar-refractivity contribution in [2.45, 2.75) is 70.5 Å². The second-order valence-corrected chi connectivity index (χ2v) is 10.8. The molecule has 3 aromatic rings. The third-order valence-electron chi connectivity index (χ3n) is 8.47. The minimum absolute atomic E-state index is 0.0914. The number of rotatable bonds is 6. The standard InChI is InChI=1S/C30H39FN4O/c1-21-6-5-8-25-27(20-35(29(21)25)17-13-24-7-3-4-14-33(24)2)30(36)34-15-11-23(12-16-34)26-18-22(19-32)9-10-28(26)31/h5-6,8-10,18,20,23-24H,3-4,7,11-17,19,32H2,1-2H3. The Labute approximate surface area is 214 Å². The van der Waals surface area contributed by atoms with Crippen molar-refractivity contribution >= 4 is 16.8 Å². The summed E-state index contributed by atoms with van der Waals surface area (Å²) in [4.78, 5) is 18.2. The van der Waals surface area contributed by atoms with Crippen molar-refractivity contribution in [1.29, 1.82) is 0 Å². The minimum atomic E-state index is -0.167. The Morgan fingerprint density at radius 2 is 1.89 bits per heavy atom. The Balaban J connectivity index is 1.33. The van der Waals surface area contributed by atoms with E-state index in [0.29, 0.717) is 25.7 Å². The number of hydrogen-bond donors (Lipinski definition) is 1. The zero-order valence-electron chi connectivity index (χ0n) is 21.7. The summed E-state index contributed by atoms with van der Waals surface area (Å²) >= 11 is 0. The molecular formula is C30H39FN4O. The van der Waals surface area contributed by atoms with E-state index >= 15 is 0 Å². The molecule has 5 nitrogen and oxygen atoms in total. The van der Waals surface area contributed by atoms with Crippen molar-refractivity contribution in [3.05, 3.63) is 70.7 Å². The number of fused-ring (bicyclic) bond motifs is 1. The third-order valence-corrected chi connectivity index (χ3v) is 8.47. The van der Waals surface area contributed by atoms with Crippen LogP contribution in [0.5, 0.6) is 0 Å². The second-order valence-electron chi connectivity index (χ2n) is 10.8. The number of carbonyl (C=O) groups excluding carboxylic acids is 1. The molecule has 0 spiro atoms. The molecule has 5 rings (SSSR count). The van der Waals surface area contributed by atoms with Crippen LogP contribution in [0.3, 0.4) is 0 Å². The highest BCUT2D eigenvalue weighted by Crippen LogP contribution is 2.33. The number of halogens is 1. The molecule has 2 saturated heterocycles. The highest BCUT2D eigenvalue weighted by Gasteiger charge is 2.28. The van der Waals surface area contributed by atoms with Crippen LogP contribution in [0.1, 0.15) is 71.5 Å². The van der Waals surface area contributed by atoms with Crippen molar-refractivity contribution in [2.24, 2.45) is 5.73 Å². The summed E-state index contributed by atoms with van der Waals surface area (Å²) in [6, 6.07) is 12.1. The Morgan fingerprint density at radius 3 is 2.64 bits per heavy atom. The first kappa shape index (κ1) is 25.0. The van der Waals surface area contributed by atoms with Gasteiger partial charge in [0.25, 0.3) is 5.91 Å². The molecule has 6 heteroatoms. The van der Waals surface area contributed by atoms with Gasteiger partial charge in [-0.2, -0.15) is 0 Å². The van der Waals surface area contributed by atoms with E-state index in [4.69, 9.17) is 5.73 Å². The summed E-state index contributed by atoms with van der Waals surface area (Å²) in [5.74, 6) is 0.0458. The maximum absolute atomic E-state index is 14.5. The first-order chi connectivity index (χ1) is 17.5. The number of piperidine rings is 2. The van der Waals surface area contributed by atoms with Gasteiger partial charge in [0.2, 0.25) is 0 Å². The van der Waals surface area contributed by atoms with Crippen molar-refractivity contribution in [3.8, 4) is 0 Å². The van der Waals surface area contributed by atoms with Crippen LogP contribution in [0.2, 0.25) is 0 Å². The van der Waals surface area contributed by atoms with Gasteiger partial charge in [-0.3, -0.25) is 4.79 Å². The summed E-state index contributed by atoms with van der Waals surface area (Å²) < 4.78 is 16.8. The average molecular weight is 491 g/mol. The second kappa shape index (κ2) is 10.7. The topological polar surface area (TPSA) is 54.5 Å². The van der Waals surface area contributed by atoms with Crippen LogP contribution in [0.25, 0.3) is 10.9 Å². The van der Waals surface area contributed by atoms with E-state index in [0.717, 1.165) is 47.9 Å². The van der Waals surface area contributed by atoms with E-state index in [9.17, 15) is 9.18 Å². The normalized spacial score (nSPS) is 19.8. The number of aromatic nitrogens is 1. The van der Waals surface area contributed by atoms with Gasteiger partial charge in [-0.05, 0) is 81.3 Å². The molecule has 0 bridgehead atoms. The molecule has 192 valence electrons. The van der Waals surface area contributed by atoms with Gasteiger partial charge in [0.1, 0.15) is 5.82 Å². The van der Waals surface area contributed by atoms with Crippen molar-refractivity contribution in [1.82, 2.24) is 14.4 Å². The van der Waals surface area contributed by atoms with Crippen molar-refractivity contribution in [2.75, 3.05) is 26.7 Å². The lowest BCUT2D eigenvalue weighted by Gasteiger charge is -2.32. The van der Waals surface area contributed by atoms with Gasteiger partial charge >= 0.3 is 0 Å². The van der Waals surface area contributed by atoms with Gasteiger partial charge in [0, 0.05) is 43.8 Å². The molecule has 3 heterocycles. The number of nitrogens with zero attached hydrogens (tertiary/aromatic N) is 3. The first-order valence-electron chi connectivity index (χ1n) is 13.5. The molecule has 2 aliphatic heterocycles. The largest absolute Gasteiger partial charge is 0.346 e. The predicted octanol–water partition coefficient (Wildman–Crippen LogP) is 5.44. The summed E-state index contributed by atoms with van der Waals surface area (Å²) in [5, 5.41) is 1.04. The van der Waals surface area contributed by atoms with E-state index in [-0.39, 0.29) is 17.6 Å². The van der Waals surface area contributed by atoms with Gasteiger partial charge < -0.3 is 20.1 Å². The van der Waals surface area contributed by atoms with E-state index in [1.807, 2.05) is 17.0 Å². The van der Waals surface area contributed by atoms with Crippen LogP contribution < -0.4 is 5.73 Å². The molecule has 0 aliphatic carbocycles. The number of benzene rings is 2. The maximum Gasteiger partial charge on any atom is 0.256 e. The third kappa shape index (κ3) is 4.94. The van der Waals surface area contributed by atoms with Crippen LogP contribution in [0.4, 0.5) is 4.39 Å². The van der Waals surface area contributed by atoms with Gasteiger partial charge in [0.15, 0.2) is 0 Å². The van der Waals surface area contributed by atoms with Crippen molar-refractivity contribution < 1.29 is 9.18 Å². The van der Waals surface area contributed by atoms with Crippen LogP contribution in [0.15, 0.2) is 42.6 Å². The zero-order valence-corrected chi connectivity index (χ0v) is 21.7. The molecule has 0 radical (unpaired) electrons. The lowest BCUT2D eigenvalue weighted by molar-refractivity contribution is 0.0714. The molecule has 36 heavy (non-hydrogen) atoms. The molecule has 1 unspecified atom stereocenters. The van der Waals surface area contributed by atoms with Crippen LogP contribution in [-0.4, -0.2) is 53.0 Å². The van der Waals surface area contributed by atoms with Gasteiger partial charge in [-0.25, -0.2) is 4.39 Å². The highest BCUT2D eigenvalue weighted by atomic mass is 19.1. The number of para-hydroxylation sites is 1. The molecular weight excluding hydrogens is 451 g/mol. The number of likely N-dealkylation sites (tertiary alicyclic amines) is 2. The predicted molar refractivity (Wildman–Crippen MR) is 144 cm³/mol. The van der Waals surface area contributed by atoms with Crippen LogP contribution in [0, 0.1) is 12.7 Å². The molecule has 1 atom stereocenters. The number of nitrogens with two attached hydrogens (primary N) is 1. The average Bonchev–Trinajstić information content (AvgIpc) is 3.28. The minimum Gasteiger partial charge on any atom is -0.346 e. The maximum atomic E-state index is 14.5. The Morgan fingerprint density at radius 1 is 1.08 bits per heavy atom. The number of amides is 1. The summed E-state index contributed by atoms with van der Waals surface area (Å²) in [6.45, 7) is 5.92. The van der Waals surface area contributed by atoms with E-state index in [1.165, 1.54) is 43.0 Å². The Kier molecular flexibility index (Phi) is 7.44. The lowest BCUT2D eigenvalue weighted by atomic mass is 9.88. The quantitative estimate of drug-likeness (QED) is 0.501. The molecule has 1 aromatic heterocycles. The van der Waals surface area contributed by atoms with Gasteiger partial charge in [0.05, 0.1) is 11.1 Å². The van der Waals surface area contributed by atoms with Gasteiger partial charge in [-0.1, -0.05) is 36.8 Å². The molecule has 0 saturated carbocycles. The molecule has 2 aliphatic rings. The molecule has 1 amide bonds. The number of aryl methyl sites for hydroxylation is 2. The highest BCUT2D eigenvalue weighted by molar-refractivity contribution is 6.07. The fourth-order valence-corrected chi connectivity index (χ4v) is 6.29. The zero-order chi connectivity index (χ0) is 25.2. The Bertz CT molecular complexity index is 1230. The molecule has 2 aromatic carbocycles. The fourth-order valence-electron chi connectivity index (χ4n) is 6.29. The van der Waals surface area contributed by atoms with Crippen LogP contribution >= 0.6 is 0 Å². The Hall–Kier alpha value is -2.70. The number of hydrogen-bond acceptors (Lipinski definition) is 3. The number of carbonyl (C=O) groups is 1. The fraction of sp³-hybridized carbons (Fsp3) is 0.500. The monoisotopic (exact) mass is 490 g/mol. The first-order valence-corrected chi connectivity index (χ1v) is 13.5. The molecule has 2 N–H and O–H groups in total. The van der Waals surface area contributed by atoms with E-state index in [2.05, 4.69) is 41.8 Å².